The van der Waals surface area contributed by atoms with E-state index in [9.17, 15) is 4.79 Å². The van der Waals surface area contributed by atoms with Crippen LogP contribution in [0.15, 0.2) is 12.1 Å². The Kier molecular flexibility index (Phi) is 3.75. The van der Waals surface area contributed by atoms with Gasteiger partial charge in [0.1, 0.15) is 11.0 Å². The largest absolute Gasteiger partial charge is 0.478 e. The predicted octanol–water partition coefficient (Wildman–Crippen LogP) is 2.89. The van der Waals surface area contributed by atoms with E-state index in [2.05, 4.69) is 31.1 Å². The molecule has 0 amide bonds. The third-order valence-electron chi connectivity index (χ3n) is 1.84. The topological polar surface area (TPSA) is 62.2 Å². The fraction of sp³-hybridized carbons (Fsp3) is 0.455. The Morgan fingerprint density at radius 3 is 2.62 bits per heavy atom. The first-order chi connectivity index (χ1) is 7.28. The van der Waals surface area contributed by atoms with Crippen molar-refractivity contribution in [2.75, 3.05) is 11.9 Å². The third-order valence-corrected chi connectivity index (χ3v) is 2.03. The summed E-state index contributed by atoms with van der Waals surface area (Å²) < 4.78 is 0. The highest BCUT2D eigenvalue weighted by Gasteiger charge is 2.12. The molecule has 1 rings (SSSR count). The number of carboxylic acids is 1. The quantitative estimate of drug-likeness (QED) is 0.800. The van der Waals surface area contributed by atoms with Gasteiger partial charge in [-0.15, -0.1) is 0 Å². The van der Waals surface area contributed by atoms with Crippen LogP contribution >= 0.6 is 11.6 Å². The Bertz CT molecular complexity index is 399. The number of halogens is 1. The van der Waals surface area contributed by atoms with Crippen LogP contribution in [-0.4, -0.2) is 22.6 Å². The van der Waals surface area contributed by atoms with Gasteiger partial charge in [0, 0.05) is 6.54 Å². The summed E-state index contributed by atoms with van der Waals surface area (Å²) in [6, 6.07) is 2.80. The maximum atomic E-state index is 10.8. The summed E-state index contributed by atoms with van der Waals surface area (Å²) in [5.74, 6) is -0.525. The molecule has 0 unspecified atom stereocenters. The van der Waals surface area contributed by atoms with Gasteiger partial charge in [0.2, 0.25) is 0 Å². The first kappa shape index (κ1) is 12.8. The van der Waals surface area contributed by atoms with Crippen LogP contribution in [0.4, 0.5) is 5.82 Å². The number of hydrogen-bond donors (Lipinski definition) is 2. The Hall–Kier alpha value is -1.29. The first-order valence-corrected chi connectivity index (χ1v) is 5.30. The number of anilines is 1. The number of aromatic nitrogens is 1. The number of pyridine rings is 1. The molecular weight excluding hydrogens is 228 g/mol. The van der Waals surface area contributed by atoms with E-state index in [1.54, 1.807) is 0 Å². The Morgan fingerprint density at radius 2 is 2.12 bits per heavy atom. The number of rotatable bonds is 3. The van der Waals surface area contributed by atoms with Gasteiger partial charge < -0.3 is 10.4 Å². The Labute approximate surface area is 99.6 Å². The molecule has 0 radical (unpaired) electrons. The molecule has 88 valence electrons. The van der Waals surface area contributed by atoms with Crippen LogP contribution in [0.1, 0.15) is 31.1 Å². The lowest BCUT2D eigenvalue weighted by Gasteiger charge is -2.19. The lowest BCUT2D eigenvalue weighted by molar-refractivity contribution is 0.0697. The van der Waals surface area contributed by atoms with Gasteiger partial charge in [0.15, 0.2) is 0 Å². The summed E-state index contributed by atoms with van der Waals surface area (Å²) in [5, 5.41) is 12.1. The Morgan fingerprint density at radius 1 is 1.50 bits per heavy atom. The van der Waals surface area contributed by atoms with E-state index >= 15 is 0 Å². The molecule has 0 spiro atoms. The molecule has 0 bridgehead atoms. The predicted molar refractivity (Wildman–Crippen MR) is 64.2 cm³/mol. The van der Waals surface area contributed by atoms with Crippen molar-refractivity contribution >= 4 is 23.4 Å². The molecule has 1 aromatic heterocycles. The highest BCUT2D eigenvalue weighted by molar-refractivity contribution is 6.29. The molecule has 0 fully saturated rings. The number of aromatic carboxylic acids is 1. The molecule has 5 heteroatoms. The zero-order valence-corrected chi connectivity index (χ0v) is 10.3. The number of nitrogens with zero attached hydrogens (tertiary/aromatic N) is 1. The van der Waals surface area contributed by atoms with Gasteiger partial charge in [0.25, 0.3) is 0 Å². The highest BCUT2D eigenvalue weighted by Crippen LogP contribution is 2.17. The van der Waals surface area contributed by atoms with Gasteiger partial charge in [-0.25, -0.2) is 9.78 Å². The molecule has 0 aliphatic heterocycles. The molecular formula is C11H15ClN2O2. The highest BCUT2D eigenvalue weighted by atomic mass is 35.5. The molecule has 0 aliphatic rings. The van der Waals surface area contributed by atoms with E-state index in [-0.39, 0.29) is 16.1 Å². The zero-order valence-electron chi connectivity index (χ0n) is 9.54. The molecule has 0 aromatic carbocycles. The van der Waals surface area contributed by atoms with Crippen LogP contribution < -0.4 is 5.32 Å². The van der Waals surface area contributed by atoms with Gasteiger partial charge >= 0.3 is 5.97 Å². The smallest absolute Gasteiger partial charge is 0.335 e. The second-order valence-corrected chi connectivity index (χ2v) is 5.17. The average molecular weight is 243 g/mol. The van der Waals surface area contributed by atoms with Crippen LogP contribution in [0, 0.1) is 5.41 Å². The van der Waals surface area contributed by atoms with Crippen LogP contribution in [0.2, 0.25) is 5.15 Å². The second-order valence-electron chi connectivity index (χ2n) is 4.78. The molecule has 0 atom stereocenters. The van der Waals surface area contributed by atoms with Gasteiger partial charge in [-0.2, -0.15) is 0 Å². The van der Waals surface area contributed by atoms with Crippen molar-refractivity contribution in [3.05, 3.63) is 22.8 Å². The third kappa shape index (κ3) is 4.06. The molecule has 0 aliphatic carbocycles. The fourth-order valence-electron chi connectivity index (χ4n) is 1.07. The second kappa shape index (κ2) is 4.70. The lowest BCUT2D eigenvalue weighted by Crippen LogP contribution is -2.19. The minimum absolute atomic E-state index is 0.0907. The van der Waals surface area contributed by atoms with Gasteiger partial charge in [-0.1, -0.05) is 32.4 Å². The van der Waals surface area contributed by atoms with Gasteiger partial charge in [0.05, 0.1) is 5.56 Å². The summed E-state index contributed by atoms with van der Waals surface area (Å²) in [6.07, 6.45) is 0. The minimum atomic E-state index is -1.01. The number of carboxylic acid groups (broad SMARTS) is 1. The SMILES string of the molecule is CC(C)(C)CNc1cc(C(=O)O)cc(Cl)n1. The standard InChI is InChI=1S/C11H15ClN2O2/c1-11(2,3)6-13-9-5-7(10(15)16)4-8(12)14-9/h4-5H,6H2,1-3H3,(H,13,14)(H,15,16). The molecule has 1 aromatic rings. The molecule has 1 heterocycles. The molecule has 0 saturated heterocycles. The van der Waals surface area contributed by atoms with E-state index in [0.29, 0.717) is 12.4 Å². The van der Waals surface area contributed by atoms with Crippen molar-refractivity contribution in [1.82, 2.24) is 4.98 Å². The van der Waals surface area contributed by atoms with E-state index in [1.807, 2.05) is 0 Å². The minimum Gasteiger partial charge on any atom is -0.478 e. The lowest BCUT2D eigenvalue weighted by atomic mass is 9.97. The van der Waals surface area contributed by atoms with Crippen molar-refractivity contribution in [3.8, 4) is 0 Å². The van der Waals surface area contributed by atoms with E-state index < -0.39 is 5.97 Å². The van der Waals surface area contributed by atoms with Crippen LogP contribution in [0.5, 0.6) is 0 Å². The first-order valence-electron chi connectivity index (χ1n) is 4.93. The van der Waals surface area contributed by atoms with Crippen LogP contribution in [0.3, 0.4) is 0 Å². The Balaban J connectivity index is 2.85. The molecule has 2 N–H and O–H groups in total. The van der Waals surface area contributed by atoms with Crippen LogP contribution in [-0.2, 0) is 0 Å². The monoisotopic (exact) mass is 242 g/mol. The van der Waals surface area contributed by atoms with Crippen molar-refractivity contribution in [1.29, 1.82) is 0 Å². The summed E-state index contributed by atoms with van der Waals surface area (Å²) >= 11 is 5.73. The van der Waals surface area contributed by atoms with Crippen molar-refractivity contribution in [2.45, 2.75) is 20.8 Å². The number of nitrogens with one attached hydrogen (secondary N) is 1. The van der Waals surface area contributed by atoms with E-state index in [4.69, 9.17) is 16.7 Å². The fourth-order valence-corrected chi connectivity index (χ4v) is 1.28. The van der Waals surface area contributed by atoms with Crippen molar-refractivity contribution in [2.24, 2.45) is 5.41 Å². The number of carbonyl (C=O) groups is 1. The summed E-state index contributed by atoms with van der Waals surface area (Å²) in [5.41, 5.74) is 0.226. The van der Waals surface area contributed by atoms with E-state index in [1.165, 1.54) is 12.1 Å². The molecule has 4 nitrogen and oxygen atoms in total. The summed E-state index contributed by atoms with van der Waals surface area (Å²) in [6.45, 7) is 6.91. The van der Waals surface area contributed by atoms with Crippen LogP contribution in [0.25, 0.3) is 0 Å². The number of hydrogen-bond acceptors (Lipinski definition) is 3. The van der Waals surface area contributed by atoms with Gasteiger partial charge in [-0.05, 0) is 17.5 Å². The zero-order chi connectivity index (χ0) is 12.3. The summed E-state index contributed by atoms with van der Waals surface area (Å²) in [7, 11) is 0. The molecule has 16 heavy (non-hydrogen) atoms. The summed E-state index contributed by atoms with van der Waals surface area (Å²) in [4.78, 5) is 14.8. The normalized spacial score (nSPS) is 11.2. The maximum absolute atomic E-state index is 10.8. The van der Waals surface area contributed by atoms with Crippen molar-refractivity contribution in [3.63, 3.8) is 0 Å². The van der Waals surface area contributed by atoms with Gasteiger partial charge in [-0.3, -0.25) is 0 Å². The van der Waals surface area contributed by atoms with Crippen molar-refractivity contribution < 1.29 is 9.90 Å². The van der Waals surface area contributed by atoms with E-state index in [0.717, 1.165) is 0 Å². The maximum Gasteiger partial charge on any atom is 0.335 e. The average Bonchev–Trinajstić information content (AvgIpc) is 2.13. The molecule has 0 saturated carbocycles.